The zero-order chi connectivity index (χ0) is 39.8. The molecule has 4 aliphatic rings. The fourth-order valence-corrected chi connectivity index (χ4v) is 7.53. The van der Waals surface area contributed by atoms with E-state index in [4.69, 9.17) is 30.4 Å². The number of likely N-dealkylation sites (tertiary alicyclic amines) is 1. The van der Waals surface area contributed by atoms with Gasteiger partial charge in [0.25, 0.3) is 5.91 Å². The molecule has 15 nitrogen and oxygen atoms in total. The smallest absolute Gasteiger partial charge is 0.408 e. The summed E-state index contributed by atoms with van der Waals surface area (Å²) in [7, 11) is 0. The molecule has 7 rings (SSSR count). The monoisotopic (exact) mass is 790 g/mol. The minimum atomic E-state index is -1.13. The predicted molar refractivity (Wildman–Crippen MR) is 205 cm³/mol. The highest BCUT2D eigenvalue weighted by molar-refractivity contribution is 6.38. The van der Waals surface area contributed by atoms with Crippen LogP contribution in [0.3, 0.4) is 0 Å². The second-order valence-corrected chi connectivity index (χ2v) is 16.7. The molecule has 1 saturated carbocycles. The second-order valence-electron chi connectivity index (χ2n) is 16.2. The Morgan fingerprint density at radius 1 is 1.04 bits per heavy atom. The summed E-state index contributed by atoms with van der Waals surface area (Å²) in [5.74, 6) is -2.07. The van der Waals surface area contributed by atoms with Crippen molar-refractivity contribution in [3.05, 3.63) is 53.1 Å². The van der Waals surface area contributed by atoms with E-state index in [0.29, 0.717) is 41.5 Å². The van der Waals surface area contributed by atoms with Gasteiger partial charge in [0.15, 0.2) is 11.4 Å². The maximum atomic E-state index is 14.7. The number of carbonyl (C=O) groups excluding carboxylic acids is 5. The molecule has 2 saturated heterocycles. The first-order chi connectivity index (χ1) is 26.7. The SMILES string of the molecule is CCC[C@H](NC(=O)[C@@H]1C[C@]2(CC(c3ccc4noc(-c5ccc(Cl)cc5)c4c3)=NO2)CN1C(=O)[C@@H](NC(=O)O[C@H]1CCOC1)C(C)(C)C)C(=O)C(=O)NC1CC1. The molecular weight excluding hydrogens is 744 g/mol. The van der Waals surface area contributed by atoms with Crippen LogP contribution in [0.25, 0.3) is 22.2 Å². The maximum Gasteiger partial charge on any atom is 0.408 e. The third-order valence-electron chi connectivity index (χ3n) is 10.6. The quantitative estimate of drug-likeness (QED) is 0.217. The van der Waals surface area contributed by atoms with Crippen LogP contribution < -0.4 is 16.0 Å². The van der Waals surface area contributed by atoms with Crippen molar-refractivity contribution in [1.82, 2.24) is 26.0 Å². The highest BCUT2D eigenvalue weighted by Crippen LogP contribution is 2.41. The minimum absolute atomic E-state index is 0.0329. The van der Waals surface area contributed by atoms with Crippen LogP contribution >= 0.6 is 11.6 Å². The van der Waals surface area contributed by atoms with Gasteiger partial charge in [0, 0.05) is 41.5 Å². The normalized spacial score (nSPS) is 23.0. The van der Waals surface area contributed by atoms with Crippen molar-refractivity contribution >= 4 is 57.8 Å². The lowest BCUT2D eigenvalue weighted by Crippen LogP contribution is -2.59. The van der Waals surface area contributed by atoms with Crippen molar-refractivity contribution in [3.8, 4) is 11.3 Å². The number of oxime groups is 1. The predicted octanol–water partition coefficient (Wildman–Crippen LogP) is 4.67. The molecule has 5 atom stereocenters. The van der Waals surface area contributed by atoms with Gasteiger partial charge in [-0.2, -0.15) is 0 Å². The first-order valence-corrected chi connectivity index (χ1v) is 19.5. The Bertz CT molecular complexity index is 2030. The Labute approximate surface area is 329 Å². The van der Waals surface area contributed by atoms with Crippen molar-refractivity contribution < 1.29 is 42.8 Å². The van der Waals surface area contributed by atoms with E-state index in [-0.39, 0.29) is 38.5 Å². The van der Waals surface area contributed by atoms with E-state index in [9.17, 15) is 24.0 Å². The summed E-state index contributed by atoms with van der Waals surface area (Å²) < 4.78 is 16.6. The molecule has 3 N–H and O–H groups in total. The molecule has 2 aromatic carbocycles. The number of alkyl carbamates (subject to hydrolysis) is 1. The third-order valence-corrected chi connectivity index (χ3v) is 10.9. The second kappa shape index (κ2) is 15.8. The summed E-state index contributed by atoms with van der Waals surface area (Å²) >= 11 is 6.11. The Hall–Kier alpha value is -5.02. The molecule has 3 fully saturated rings. The number of nitrogens with one attached hydrogen (secondary N) is 3. The van der Waals surface area contributed by atoms with Gasteiger partial charge in [0.05, 0.1) is 36.9 Å². The third kappa shape index (κ3) is 8.53. The highest BCUT2D eigenvalue weighted by atomic mass is 35.5. The molecule has 0 bridgehead atoms. The van der Waals surface area contributed by atoms with E-state index in [2.05, 4.69) is 26.3 Å². The van der Waals surface area contributed by atoms with Crippen LogP contribution in [0.4, 0.5) is 4.79 Å². The molecule has 3 aliphatic heterocycles. The van der Waals surface area contributed by atoms with E-state index in [0.717, 1.165) is 29.4 Å². The molecule has 16 heteroatoms. The van der Waals surface area contributed by atoms with E-state index in [1.807, 2.05) is 37.3 Å². The van der Waals surface area contributed by atoms with E-state index in [1.54, 1.807) is 32.9 Å². The van der Waals surface area contributed by atoms with Crippen LogP contribution in [0.5, 0.6) is 0 Å². The first-order valence-electron chi connectivity index (χ1n) is 19.1. The van der Waals surface area contributed by atoms with Crippen LogP contribution in [0.15, 0.2) is 52.1 Å². The van der Waals surface area contributed by atoms with Crippen LogP contribution in [0, 0.1) is 5.41 Å². The van der Waals surface area contributed by atoms with E-state index >= 15 is 0 Å². The number of hydrogen-bond donors (Lipinski definition) is 3. The standard InChI is InChI=1S/C40H47ClN6O9/c1-5-6-29(32(48)36(50)42-25-12-13-25)43-35(49)31-19-40(21-47(31)37(51)34(39(2,3)4)44-38(52)54-26-15-16-53-20-26)18-30(46-56-40)23-9-14-28-27(17-23)33(55-45-28)22-7-10-24(41)11-8-22/h7-11,14,17,25-26,29,31,34H,5-6,12-13,15-16,18-21H2,1-4H3,(H,42,50)(H,43,49)(H,44,52)/t26-,29-,31-,34+,40+/m0/s1. The topological polar surface area (TPSA) is 191 Å². The zero-order valence-corrected chi connectivity index (χ0v) is 32.6. The van der Waals surface area contributed by atoms with E-state index in [1.165, 1.54) is 4.90 Å². The number of rotatable bonds is 12. The minimum Gasteiger partial charge on any atom is -0.444 e. The van der Waals surface area contributed by atoms with Crippen LogP contribution in [-0.4, -0.2) is 101 Å². The Balaban J connectivity index is 1.15. The number of hydrogen-bond acceptors (Lipinski definition) is 11. The summed E-state index contributed by atoms with van der Waals surface area (Å²) in [6.07, 6.45) is 1.95. The Kier molecular flexibility index (Phi) is 11.1. The lowest BCUT2D eigenvalue weighted by Gasteiger charge is -2.35. The zero-order valence-electron chi connectivity index (χ0n) is 31.9. The highest BCUT2D eigenvalue weighted by Gasteiger charge is 2.56. The van der Waals surface area contributed by atoms with Gasteiger partial charge in [-0.15, -0.1) is 0 Å². The number of nitrogens with zero attached hydrogens (tertiary/aromatic N) is 3. The van der Waals surface area contributed by atoms with Gasteiger partial charge >= 0.3 is 6.09 Å². The molecule has 3 aromatic rings. The average Bonchev–Trinajstić information content (AvgIpc) is 3.54. The lowest BCUT2D eigenvalue weighted by molar-refractivity contribution is -0.144. The summed E-state index contributed by atoms with van der Waals surface area (Å²) in [6, 6.07) is 9.44. The Morgan fingerprint density at radius 3 is 2.46 bits per heavy atom. The fraction of sp³-hybridized carbons (Fsp3) is 0.525. The van der Waals surface area contributed by atoms with Gasteiger partial charge < -0.3 is 39.7 Å². The molecule has 1 aliphatic carbocycles. The molecule has 4 amide bonds. The van der Waals surface area contributed by atoms with Crippen molar-refractivity contribution in [1.29, 1.82) is 0 Å². The summed E-state index contributed by atoms with van der Waals surface area (Å²) in [5.41, 5.74) is 0.835. The van der Waals surface area contributed by atoms with Crippen LogP contribution in [0.2, 0.25) is 5.02 Å². The molecule has 1 spiro atoms. The number of aromatic nitrogens is 1. The van der Waals surface area contributed by atoms with Crippen molar-refractivity contribution in [2.45, 2.75) is 109 Å². The summed E-state index contributed by atoms with van der Waals surface area (Å²) in [4.78, 5) is 75.7. The average molecular weight is 791 g/mol. The van der Waals surface area contributed by atoms with Gasteiger partial charge in [0.2, 0.25) is 17.6 Å². The number of ether oxygens (including phenoxy) is 2. The fourth-order valence-electron chi connectivity index (χ4n) is 7.41. The largest absolute Gasteiger partial charge is 0.444 e. The lowest BCUT2D eigenvalue weighted by atomic mass is 9.85. The van der Waals surface area contributed by atoms with Gasteiger partial charge in [0.1, 0.15) is 23.7 Å². The van der Waals surface area contributed by atoms with Gasteiger partial charge in [-0.25, -0.2) is 4.79 Å². The molecule has 56 heavy (non-hydrogen) atoms. The molecular formula is C40H47ClN6O9. The van der Waals surface area contributed by atoms with Crippen LogP contribution in [0.1, 0.15) is 78.2 Å². The Morgan fingerprint density at radius 2 is 1.79 bits per heavy atom. The van der Waals surface area contributed by atoms with Crippen LogP contribution in [-0.2, 0) is 33.5 Å². The molecule has 4 heterocycles. The van der Waals surface area contributed by atoms with Crippen molar-refractivity contribution in [3.63, 3.8) is 0 Å². The number of benzene rings is 2. The summed E-state index contributed by atoms with van der Waals surface area (Å²) in [5, 5.41) is 18.3. The van der Waals surface area contributed by atoms with Gasteiger partial charge in [-0.05, 0) is 61.1 Å². The number of fused-ring (bicyclic) bond motifs is 1. The maximum absolute atomic E-state index is 14.7. The molecule has 1 aromatic heterocycles. The number of amides is 4. The molecule has 0 unspecified atom stereocenters. The van der Waals surface area contributed by atoms with Crippen molar-refractivity contribution in [2.75, 3.05) is 19.8 Å². The molecule has 0 radical (unpaired) electrons. The van der Waals surface area contributed by atoms with Gasteiger partial charge in [-0.1, -0.05) is 62.1 Å². The number of carbonyl (C=O) groups is 5. The molecule has 298 valence electrons. The number of ketones is 1. The first kappa shape index (κ1) is 39.2. The van der Waals surface area contributed by atoms with Gasteiger partial charge in [-0.3, -0.25) is 19.2 Å². The number of halogens is 1. The van der Waals surface area contributed by atoms with E-state index < -0.39 is 64.8 Å². The number of Topliss-reactive ketones (excluding diaryl/α,β-unsaturated/α-hetero) is 1. The summed E-state index contributed by atoms with van der Waals surface area (Å²) in [6.45, 7) is 7.94. The van der Waals surface area contributed by atoms with Crippen molar-refractivity contribution in [2.24, 2.45) is 10.6 Å².